The molecule has 3 aromatic rings. The first-order valence-electron chi connectivity index (χ1n) is 12.6. The van der Waals surface area contributed by atoms with E-state index in [0.717, 1.165) is 23.4 Å². The Labute approximate surface area is 219 Å². The van der Waals surface area contributed by atoms with Gasteiger partial charge in [-0.1, -0.05) is 24.3 Å². The molecule has 0 bridgehead atoms. The summed E-state index contributed by atoms with van der Waals surface area (Å²) in [5.74, 6) is -0.130. The summed E-state index contributed by atoms with van der Waals surface area (Å²) < 4.78 is 39.2. The largest absolute Gasteiger partial charge is 0.416 e. The van der Waals surface area contributed by atoms with Crippen molar-refractivity contribution in [2.75, 3.05) is 36.4 Å². The van der Waals surface area contributed by atoms with Crippen molar-refractivity contribution in [3.63, 3.8) is 0 Å². The van der Waals surface area contributed by atoms with Crippen molar-refractivity contribution in [2.24, 2.45) is 0 Å². The van der Waals surface area contributed by atoms with E-state index < -0.39 is 11.7 Å². The van der Waals surface area contributed by atoms with Gasteiger partial charge < -0.3 is 20.0 Å². The molecule has 6 nitrogen and oxygen atoms in total. The summed E-state index contributed by atoms with van der Waals surface area (Å²) in [5, 5.41) is 3.44. The predicted octanol–water partition coefficient (Wildman–Crippen LogP) is 5.64. The molecule has 1 unspecified atom stereocenters. The van der Waals surface area contributed by atoms with Crippen LogP contribution in [-0.4, -0.2) is 53.8 Å². The fourth-order valence-corrected chi connectivity index (χ4v) is 5.11. The normalized spacial score (nSPS) is 17.7. The molecule has 1 saturated heterocycles. The maximum absolute atomic E-state index is 13.1. The molecule has 2 aliphatic rings. The smallest absolute Gasteiger partial charge is 0.368 e. The Morgan fingerprint density at radius 3 is 2.26 bits per heavy atom. The number of amides is 2. The summed E-state index contributed by atoms with van der Waals surface area (Å²) in [6, 6.07) is 20.0. The summed E-state index contributed by atoms with van der Waals surface area (Å²) >= 11 is 0. The Kier molecular flexibility index (Phi) is 6.77. The number of anilines is 2. The minimum Gasteiger partial charge on any atom is -0.368 e. The highest BCUT2D eigenvalue weighted by Gasteiger charge is 2.38. The van der Waals surface area contributed by atoms with Crippen LogP contribution in [0.2, 0.25) is 0 Å². The van der Waals surface area contributed by atoms with Gasteiger partial charge in [0.1, 0.15) is 6.17 Å². The van der Waals surface area contributed by atoms with Crippen LogP contribution in [0.4, 0.5) is 24.5 Å². The van der Waals surface area contributed by atoms with Crippen molar-refractivity contribution in [3.8, 4) is 0 Å². The zero-order valence-corrected chi connectivity index (χ0v) is 21.2. The standard InChI is InChI=1S/C29H29F3N4O2/c1-19(2)36-26(24-8-3-4-9-25(24)28(36)38)33-22-12-10-20(11-13-22)27(37)35-16-14-34(15-17-35)23-7-5-6-21(18-23)29(30,31)32/h3-13,18-19,26,33H,14-17H2,1-2H3. The van der Waals surface area contributed by atoms with Crippen LogP contribution in [0.15, 0.2) is 72.8 Å². The molecule has 2 amide bonds. The Morgan fingerprint density at radius 1 is 0.921 bits per heavy atom. The monoisotopic (exact) mass is 522 g/mol. The fourth-order valence-electron chi connectivity index (χ4n) is 5.11. The minimum atomic E-state index is -4.39. The van der Waals surface area contributed by atoms with Crippen molar-refractivity contribution in [2.45, 2.75) is 32.2 Å². The first kappa shape index (κ1) is 25.6. The molecule has 198 valence electrons. The van der Waals surface area contributed by atoms with Gasteiger partial charge in [0, 0.05) is 60.3 Å². The number of halogens is 3. The van der Waals surface area contributed by atoms with E-state index in [0.29, 0.717) is 43.0 Å². The van der Waals surface area contributed by atoms with Gasteiger partial charge in [-0.25, -0.2) is 0 Å². The van der Waals surface area contributed by atoms with Crippen molar-refractivity contribution in [1.29, 1.82) is 0 Å². The van der Waals surface area contributed by atoms with Crippen molar-refractivity contribution >= 4 is 23.2 Å². The topological polar surface area (TPSA) is 55.9 Å². The molecule has 1 fully saturated rings. The lowest BCUT2D eigenvalue weighted by Gasteiger charge is -2.36. The molecule has 2 heterocycles. The lowest BCUT2D eigenvalue weighted by atomic mass is 10.1. The lowest BCUT2D eigenvalue weighted by molar-refractivity contribution is -0.137. The van der Waals surface area contributed by atoms with Gasteiger partial charge >= 0.3 is 6.18 Å². The van der Waals surface area contributed by atoms with E-state index in [1.807, 2.05) is 60.0 Å². The first-order valence-corrected chi connectivity index (χ1v) is 12.6. The van der Waals surface area contributed by atoms with Crippen LogP contribution in [0.5, 0.6) is 0 Å². The van der Waals surface area contributed by atoms with E-state index in [1.165, 1.54) is 6.07 Å². The summed E-state index contributed by atoms with van der Waals surface area (Å²) in [6.45, 7) is 5.69. The van der Waals surface area contributed by atoms with Crippen LogP contribution in [0.3, 0.4) is 0 Å². The number of fused-ring (bicyclic) bond motifs is 1. The summed E-state index contributed by atoms with van der Waals surface area (Å²) in [6.07, 6.45) is -4.69. The van der Waals surface area contributed by atoms with E-state index in [9.17, 15) is 22.8 Å². The van der Waals surface area contributed by atoms with E-state index in [-0.39, 0.29) is 24.0 Å². The molecule has 3 aromatic carbocycles. The molecular weight excluding hydrogens is 493 g/mol. The predicted molar refractivity (Wildman–Crippen MR) is 140 cm³/mol. The van der Waals surface area contributed by atoms with Gasteiger partial charge in [-0.05, 0) is 62.4 Å². The molecule has 0 saturated carbocycles. The summed E-state index contributed by atoms with van der Waals surface area (Å²) in [7, 11) is 0. The van der Waals surface area contributed by atoms with E-state index in [2.05, 4.69) is 5.32 Å². The molecule has 0 aliphatic carbocycles. The van der Waals surface area contributed by atoms with E-state index in [1.54, 1.807) is 23.1 Å². The number of benzene rings is 3. The number of hydrogen-bond donors (Lipinski definition) is 1. The van der Waals surface area contributed by atoms with Crippen LogP contribution in [-0.2, 0) is 6.18 Å². The molecule has 0 radical (unpaired) electrons. The maximum atomic E-state index is 13.1. The Bertz CT molecular complexity index is 1330. The zero-order valence-electron chi connectivity index (χ0n) is 21.2. The van der Waals surface area contributed by atoms with Crippen LogP contribution >= 0.6 is 0 Å². The van der Waals surface area contributed by atoms with Crippen LogP contribution in [0.25, 0.3) is 0 Å². The number of nitrogens with zero attached hydrogens (tertiary/aromatic N) is 3. The molecular formula is C29H29F3N4O2. The third-order valence-electron chi connectivity index (χ3n) is 7.10. The van der Waals surface area contributed by atoms with Gasteiger partial charge in [0.2, 0.25) is 0 Å². The second-order valence-electron chi connectivity index (χ2n) is 9.84. The highest BCUT2D eigenvalue weighted by Crippen LogP contribution is 2.36. The Morgan fingerprint density at radius 2 is 1.61 bits per heavy atom. The molecule has 38 heavy (non-hydrogen) atoms. The van der Waals surface area contributed by atoms with Gasteiger partial charge in [-0.2, -0.15) is 13.2 Å². The number of carbonyl (C=O) groups is 2. The van der Waals surface area contributed by atoms with Gasteiger partial charge in [0.25, 0.3) is 11.8 Å². The van der Waals surface area contributed by atoms with Crippen molar-refractivity contribution in [3.05, 3.63) is 95.1 Å². The number of rotatable bonds is 5. The average Bonchev–Trinajstić information content (AvgIpc) is 3.20. The molecule has 2 aliphatic heterocycles. The molecule has 0 spiro atoms. The van der Waals surface area contributed by atoms with Crippen LogP contribution in [0.1, 0.15) is 51.9 Å². The third kappa shape index (κ3) is 4.92. The second kappa shape index (κ2) is 10.0. The zero-order chi connectivity index (χ0) is 27.0. The number of alkyl halides is 3. The van der Waals surface area contributed by atoms with E-state index in [4.69, 9.17) is 0 Å². The van der Waals surface area contributed by atoms with Gasteiger partial charge in [0.05, 0.1) is 5.56 Å². The van der Waals surface area contributed by atoms with Crippen LogP contribution in [0, 0.1) is 0 Å². The van der Waals surface area contributed by atoms with Crippen molar-refractivity contribution < 1.29 is 22.8 Å². The molecule has 0 aromatic heterocycles. The summed E-state index contributed by atoms with van der Waals surface area (Å²) in [4.78, 5) is 31.4. The number of nitrogens with one attached hydrogen (secondary N) is 1. The molecule has 1 atom stereocenters. The maximum Gasteiger partial charge on any atom is 0.416 e. The number of hydrogen-bond acceptors (Lipinski definition) is 4. The highest BCUT2D eigenvalue weighted by molar-refractivity contribution is 5.99. The average molecular weight is 523 g/mol. The number of carbonyl (C=O) groups excluding carboxylic acids is 2. The third-order valence-corrected chi connectivity index (χ3v) is 7.10. The fraction of sp³-hybridized carbons (Fsp3) is 0.310. The molecule has 9 heteroatoms. The molecule has 1 N–H and O–H groups in total. The molecule has 5 rings (SSSR count). The lowest BCUT2D eigenvalue weighted by Crippen LogP contribution is -2.48. The Hall–Kier alpha value is -4.01. The van der Waals surface area contributed by atoms with E-state index >= 15 is 0 Å². The first-order chi connectivity index (χ1) is 18.1. The number of piperazine rings is 1. The van der Waals surface area contributed by atoms with Crippen molar-refractivity contribution in [1.82, 2.24) is 9.80 Å². The second-order valence-corrected chi connectivity index (χ2v) is 9.84. The van der Waals surface area contributed by atoms with Crippen LogP contribution < -0.4 is 10.2 Å². The van der Waals surface area contributed by atoms with Gasteiger partial charge in [-0.3, -0.25) is 9.59 Å². The van der Waals surface area contributed by atoms with Gasteiger partial charge in [0.15, 0.2) is 0 Å². The minimum absolute atomic E-state index is 0.00264. The summed E-state index contributed by atoms with van der Waals surface area (Å²) in [5.41, 5.74) is 2.76. The highest BCUT2D eigenvalue weighted by atomic mass is 19.4. The Balaban J connectivity index is 1.23. The SMILES string of the molecule is CC(C)N1C(=O)c2ccccc2C1Nc1ccc(C(=O)N2CCN(c3cccc(C(F)(F)F)c3)CC2)cc1. The quantitative estimate of drug-likeness (QED) is 0.471. The van der Waals surface area contributed by atoms with Gasteiger partial charge in [-0.15, -0.1) is 0 Å².